The minimum atomic E-state index is -0.672. The Hall–Kier alpha value is -2.58. The lowest BCUT2D eigenvalue weighted by Crippen LogP contribution is -2.44. The summed E-state index contributed by atoms with van der Waals surface area (Å²) in [4.78, 5) is 28.9. The lowest BCUT2D eigenvalue weighted by molar-refractivity contribution is -0.142. The highest BCUT2D eigenvalue weighted by Gasteiger charge is 2.21. The van der Waals surface area contributed by atoms with Gasteiger partial charge in [-0.25, -0.2) is 14.6 Å². The quantitative estimate of drug-likeness (QED) is 0.533. The third-order valence-electron chi connectivity index (χ3n) is 4.42. The first kappa shape index (κ1) is 21.1. The maximum Gasteiger partial charge on any atom is 0.328 e. The summed E-state index contributed by atoms with van der Waals surface area (Å²) in [6.45, 7) is 1.93. The minimum Gasteiger partial charge on any atom is -0.467 e. The van der Waals surface area contributed by atoms with Crippen molar-refractivity contribution in [3.63, 3.8) is 0 Å². The Morgan fingerprint density at radius 1 is 1.24 bits per heavy atom. The van der Waals surface area contributed by atoms with Gasteiger partial charge in [0.1, 0.15) is 11.0 Å². The van der Waals surface area contributed by atoms with E-state index in [0.717, 1.165) is 32.1 Å². The van der Waals surface area contributed by atoms with E-state index in [1.54, 1.807) is 23.1 Å². The van der Waals surface area contributed by atoms with E-state index in [1.807, 2.05) is 49.6 Å². The van der Waals surface area contributed by atoms with Gasteiger partial charge in [0.05, 0.1) is 17.3 Å². The molecule has 6 nitrogen and oxygen atoms in total. The van der Waals surface area contributed by atoms with Crippen molar-refractivity contribution in [1.29, 1.82) is 0 Å². The van der Waals surface area contributed by atoms with Gasteiger partial charge < -0.3 is 15.4 Å². The lowest BCUT2D eigenvalue weighted by atomic mass is 10.1. The minimum absolute atomic E-state index is 0.433. The monoisotopic (exact) mass is 429 g/mol. The summed E-state index contributed by atoms with van der Waals surface area (Å²) in [7, 11) is 1.32. The van der Waals surface area contributed by atoms with Crippen LogP contribution in [0.4, 0.5) is 10.5 Å². The van der Waals surface area contributed by atoms with Gasteiger partial charge in [0.15, 0.2) is 0 Å². The number of nitrogens with one attached hydrogen (secondary N) is 2. The lowest BCUT2D eigenvalue weighted by Gasteiger charge is -2.17. The highest BCUT2D eigenvalue weighted by molar-refractivity contribution is 7.98. The Labute approximate surface area is 178 Å². The van der Waals surface area contributed by atoms with Crippen LogP contribution < -0.4 is 10.6 Å². The number of carbonyl (C=O) groups is 2. The molecule has 3 aromatic rings. The number of thioether (sulfide) groups is 1. The van der Waals surface area contributed by atoms with Gasteiger partial charge in [-0.1, -0.05) is 12.1 Å². The highest BCUT2D eigenvalue weighted by Crippen LogP contribution is 2.31. The summed E-state index contributed by atoms with van der Waals surface area (Å²) in [5, 5.41) is 6.45. The molecule has 2 N–H and O–H groups in total. The van der Waals surface area contributed by atoms with Crippen molar-refractivity contribution < 1.29 is 14.3 Å². The number of amides is 2. The number of rotatable bonds is 7. The predicted molar refractivity (Wildman–Crippen MR) is 121 cm³/mol. The van der Waals surface area contributed by atoms with Crippen molar-refractivity contribution >= 4 is 51.0 Å². The average Bonchev–Trinajstić information content (AvgIpc) is 3.16. The summed E-state index contributed by atoms with van der Waals surface area (Å²) >= 11 is 3.24. The second kappa shape index (κ2) is 9.76. The van der Waals surface area contributed by atoms with Crippen molar-refractivity contribution in [1.82, 2.24) is 10.3 Å². The average molecular weight is 430 g/mol. The third-order valence-corrected chi connectivity index (χ3v) is 6.15. The van der Waals surface area contributed by atoms with E-state index in [9.17, 15) is 9.59 Å². The number of anilines is 1. The van der Waals surface area contributed by atoms with E-state index < -0.39 is 18.0 Å². The zero-order valence-corrected chi connectivity index (χ0v) is 18.2. The molecule has 2 amide bonds. The molecule has 0 spiro atoms. The van der Waals surface area contributed by atoms with E-state index in [-0.39, 0.29) is 0 Å². The van der Waals surface area contributed by atoms with Crippen molar-refractivity contribution in [3.05, 3.63) is 48.0 Å². The van der Waals surface area contributed by atoms with Crippen LogP contribution in [-0.2, 0) is 9.53 Å². The smallest absolute Gasteiger partial charge is 0.328 e. The molecular weight excluding hydrogens is 406 g/mol. The fourth-order valence-electron chi connectivity index (χ4n) is 2.88. The molecule has 0 bridgehead atoms. The first-order valence-corrected chi connectivity index (χ1v) is 11.3. The number of thiazole rings is 1. The normalized spacial score (nSPS) is 11.8. The number of aromatic nitrogens is 1. The maximum absolute atomic E-state index is 12.4. The molecular formula is C21H23N3O3S2. The van der Waals surface area contributed by atoms with Crippen molar-refractivity contribution in [2.75, 3.05) is 24.4 Å². The molecule has 8 heteroatoms. The Balaban J connectivity index is 1.71. The van der Waals surface area contributed by atoms with Gasteiger partial charge in [-0.15, -0.1) is 11.3 Å². The summed E-state index contributed by atoms with van der Waals surface area (Å²) in [6.07, 6.45) is 2.46. The van der Waals surface area contributed by atoms with E-state index in [4.69, 9.17) is 4.74 Å². The predicted octanol–water partition coefficient (Wildman–Crippen LogP) is 4.69. The topological polar surface area (TPSA) is 80.3 Å². The van der Waals surface area contributed by atoms with Crippen LogP contribution in [0.25, 0.3) is 20.8 Å². The fourth-order valence-corrected chi connectivity index (χ4v) is 4.31. The van der Waals surface area contributed by atoms with Crippen LogP contribution in [0.15, 0.2) is 42.5 Å². The largest absolute Gasteiger partial charge is 0.467 e. The zero-order valence-electron chi connectivity index (χ0n) is 16.5. The molecule has 0 saturated carbocycles. The number of urea groups is 1. The number of benzene rings is 2. The molecule has 1 unspecified atom stereocenters. The van der Waals surface area contributed by atoms with Gasteiger partial charge in [0, 0.05) is 11.3 Å². The first-order chi connectivity index (χ1) is 14.0. The number of aryl methyl sites for hydroxylation is 1. The van der Waals surface area contributed by atoms with Crippen LogP contribution in [0, 0.1) is 6.92 Å². The number of nitrogens with zero attached hydrogens (tertiary/aromatic N) is 1. The zero-order chi connectivity index (χ0) is 20.8. The molecule has 1 aromatic heterocycles. The number of fused-ring (bicyclic) bond motifs is 1. The number of methoxy groups -OCH3 is 1. The van der Waals surface area contributed by atoms with Gasteiger partial charge in [-0.3, -0.25) is 0 Å². The third kappa shape index (κ3) is 5.27. The van der Waals surface area contributed by atoms with Gasteiger partial charge in [-0.2, -0.15) is 11.8 Å². The summed E-state index contributed by atoms with van der Waals surface area (Å²) < 4.78 is 5.92. The number of carbonyl (C=O) groups excluding carboxylic acids is 2. The number of ether oxygens (including phenoxy) is 1. The highest BCUT2D eigenvalue weighted by atomic mass is 32.2. The van der Waals surface area contributed by atoms with Gasteiger partial charge in [-0.05, 0) is 61.2 Å². The summed E-state index contributed by atoms with van der Waals surface area (Å²) in [5.74, 6) is 0.299. The molecule has 1 heterocycles. The van der Waals surface area contributed by atoms with Gasteiger partial charge >= 0.3 is 12.0 Å². The number of hydrogen-bond donors (Lipinski definition) is 2. The van der Waals surface area contributed by atoms with Crippen LogP contribution in [0.1, 0.15) is 12.0 Å². The molecule has 0 aliphatic carbocycles. The molecule has 0 radical (unpaired) electrons. The molecule has 0 aliphatic rings. The van der Waals surface area contributed by atoms with E-state index in [0.29, 0.717) is 12.1 Å². The standard InChI is InChI=1S/C21H23N3O3S2/c1-13-12-14(19-22-16-6-4-5-7-18(16)29-19)8-9-15(13)23-21(26)24-17(10-11-28-3)20(25)27-2/h4-9,12,17H,10-11H2,1-3H3,(H2,23,24,26). The SMILES string of the molecule is COC(=O)C(CCSC)NC(=O)Nc1ccc(-c2nc3ccccc3s2)cc1C. The van der Waals surface area contributed by atoms with Crippen molar-refractivity contribution in [2.45, 2.75) is 19.4 Å². The molecule has 152 valence electrons. The van der Waals surface area contributed by atoms with Crippen LogP contribution in [0.3, 0.4) is 0 Å². The fraction of sp³-hybridized carbons (Fsp3) is 0.286. The Morgan fingerprint density at radius 3 is 2.72 bits per heavy atom. The Kier molecular flexibility index (Phi) is 7.11. The molecule has 0 saturated heterocycles. The summed E-state index contributed by atoms with van der Waals surface area (Å²) in [5.41, 5.74) is 3.57. The number of hydrogen-bond acceptors (Lipinski definition) is 6. The maximum atomic E-state index is 12.4. The van der Waals surface area contributed by atoms with Crippen LogP contribution in [0.5, 0.6) is 0 Å². The van der Waals surface area contributed by atoms with Crippen LogP contribution in [0.2, 0.25) is 0 Å². The van der Waals surface area contributed by atoms with E-state index >= 15 is 0 Å². The number of para-hydroxylation sites is 1. The van der Waals surface area contributed by atoms with Gasteiger partial charge in [0.25, 0.3) is 0 Å². The van der Waals surface area contributed by atoms with Gasteiger partial charge in [0.2, 0.25) is 0 Å². The van der Waals surface area contributed by atoms with Crippen molar-refractivity contribution in [3.8, 4) is 10.6 Å². The molecule has 0 fully saturated rings. The molecule has 2 aromatic carbocycles. The second-order valence-electron chi connectivity index (χ2n) is 6.47. The van der Waals surface area contributed by atoms with E-state index in [2.05, 4.69) is 21.7 Å². The molecule has 29 heavy (non-hydrogen) atoms. The van der Waals surface area contributed by atoms with E-state index in [1.165, 1.54) is 7.11 Å². The first-order valence-electron chi connectivity index (χ1n) is 9.12. The van der Waals surface area contributed by atoms with Crippen molar-refractivity contribution in [2.24, 2.45) is 0 Å². The van der Waals surface area contributed by atoms with Crippen LogP contribution in [-0.4, -0.2) is 42.1 Å². The Morgan fingerprint density at radius 2 is 2.03 bits per heavy atom. The molecule has 0 aliphatic heterocycles. The Bertz CT molecular complexity index is 986. The summed E-state index contributed by atoms with van der Waals surface area (Å²) in [6, 6.07) is 12.7. The molecule has 3 rings (SSSR count). The number of esters is 1. The molecule has 1 atom stereocenters. The second-order valence-corrected chi connectivity index (χ2v) is 8.49. The van der Waals surface area contributed by atoms with Crippen LogP contribution >= 0.6 is 23.1 Å².